The monoisotopic (exact) mass is 388 g/mol. The average molecular weight is 389 g/mol. The molecule has 24 heavy (non-hydrogen) atoms. The molecule has 0 saturated carbocycles. The van der Waals surface area contributed by atoms with E-state index in [1.54, 1.807) is 12.1 Å². The van der Waals surface area contributed by atoms with Gasteiger partial charge in [-0.25, -0.2) is 9.89 Å². The molecule has 2 rings (SSSR count). The Balaban J connectivity index is 1.93. The number of nitrogens with one attached hydrogen (secondary N) is 2. The Morgan fingerprint density at radius 2 is 2.17 bits per heavy atom. The van der Waals surface area contributed by atoms with E-state index in [9.17, 15) is 9.59 Å². The molecule has 0 unspecified atom stereocenters. The van der Waals surface area contributed by atoms with Crippen molar-refractivity contribution < 1.29 is 4.79 Å². The summed E-state index contributed by atoms with van der Waals surface area (Å²) in [5.74, 6) is 0.0108. The molecule has 6 nitrogen and oxygen atoms in total. The highest BCUT2D eigenvalue weighted by Gasteiger charge is 2.14. The minimum atomic E-state index is -0.260. The van der Waals surface area contributed by atoms with E-state index in [4.69, 9.17) is 23.2 Å². The molecule has 9 heteroatoms. The summed E-state index contributed by atoms with van der Waals surface area (Å²) >= 11 is 13.1. The second kappa shape index (κ2) is 8.60. The molecule has 0 aliphatic rings. The van der Waals surface area contributed by atoms with Crippen LogP contribution in [0.4, 0.5) is 0 Å². The zero-order chi connectivity index (χ0) is 17.7. The predicted molar refractivity (Wildman–Crippen MR) is 96.9 cm³/mol. The van der Waals surface area contributed by atoms with E-state index in [1.165, 1.54) is 16.3 Å². The zero-order valence-electron chi connectivity index (χ0n) is 13.3. The minimum Gasteiger partial charge on any atom is -0.349 e. The van der Waals surface area contributed by atoms with Crippen molar-refractivity contribution in [2.45, 2.75) is 38.0 Å². The van der Waals surface area contributed by atoms with Gasteiger partial charge >= 0.3 is 5.69 Å². The number of rotatable bonds is 7. The Kier molecular flexibility index (Phi) is 6.77. The van der Waals surface area contributed by atoms with Crippen molar-refractivity contribution in [3.8, 4) is 0 Å². The third-order valence-corrected chi connectivity index (χ3v) is 5.04. The molecule has 1 aromatic carbocycles. The van der Waals surface area contributed by atoms with Crippen LogP contribution in [0.1, 0.15) is 31.9 Å². The topological polar surface area (TPSA) is 79.8 Å². The molecule has 0 saturated heterocycles. The van der Waals surface area contributed by atoms with E-state index in [1.807, 2.05) is 19.9 Å². The second-order valence-corrected chi connectivity index (χ2v) is 6.97. The van der Waals surface area contributed by atoms with Gasteiger partial charge in [0.15, 0.2) is 5.16 Å². The number of carbonyl (C=O) groups excluding carboxylic acids is 1. The van der Waals surface area contributed by atoms with Gasteiger partial charge in [-0.1, -0.05) is 48.0 Å². The lowest BCUT2D eigenvalue weighted by Crippen LogP contribution is -2.28. The summed E-state index contributed by atoms with van der Waals surface area (Å²) in [4.78, 5) is 23.7. The summed E-state index contributed by atoms with van der Waals surface area (Å²) in [6.45, 7) is 4.40. The highest BCUT2D eigenvalue weighted by atomic mass is 35.5. The zero-order valence-corrected chi connectivity index (χ0v) is 15.6. The van der Waals surface area contributed by atoms with Gasteiger partial charge < -0.3 is 5.32 Å². The lowest BCUT2D eigenvalue weighted by atomic mass is 10.1. The predicted octanol–water partition coefficient (Wildman–Crippen LogP) is 3.26. The van der Waals surface area contributed by atoms with Gasteiger partial charge in [-0.15, -0.1) is 5.10 Å². The number of hydrogen-bond donors (Lipinski definition) is 2. The Morgan fingerprint density at radius 3 is 2.83 bits per heavy atom. The highest BCUT2D eigenvalue weighted by Crippen LogP contribution is 2.25. The smallest absolute Gasteiger partial charge is 0.343 e. The molecule has 2 aromatic rings. The van der Waals surface area contributed by atoms with Crippen molar-refractivity contribution in [1.82, 2.24) is 20.1 Å². The summed E-state index contributed by atoms with van der Waals surface area (Å²) < 4.78 is 1.53. The molecule has 0 aliphatic heterocycles. The first-order chi connectivity index (χ1) is 11.4. The van der Waals surface area contributed by atoms with Crippen molar-refractivity contribution in [3.63, 3.8) is 0 Å². The molecule has 0 radical (unpaired) electrons. The molecule has 0 bridgehead atoms. The fourth-order valence-electron chi connectivity index (χ4n) is 2.11. The van der Waals surface area contributed by atoms with E-state index < -0.39 is 0 Å². The van der Waals surface area contributed by atoms with Crippen molar-refractivity contribution in [2.75, 3.05) is 5.75 Å². The van der Waals surface area contributed by atoms with Gasteiger partial charge in [0, 0.05) is 6.54 Å². The Labute approximate surface area is 153 Å². The van der Waals surface area contributed by atoms with E-state index in [0.717, 1.165) is 12.0 Å². The first-order valence-corrected chi connectivity index (χ1v) is 9.18. The highest BCUT2D eigenvalue weighted by molar-refractivity contribution is 7.99. The quantitative estimate of drug-likeness (QED) is 0.713. The SMILES string of the molecule is CCCn1c(SCC(=O)N[C@@H](C)c2ccc(Cl)c(Cl)c2)n[nH]c1=O. The normalized spacial score (nSPS) is 12.2. The summed E-state index contributed by atoms with van der Waals surface area (Å²) in [5.41, 5.74) is 0.606. The number of hydrogen-bond acceptors (Lipinski definition) is 4. The molecule has 0 fully saturated rings. The summed E-state index contributed by atoms with van der Waals surface area (Å²) in [6.07, 6.45) is 0.813. The van der Waals surface area contributed by atoms with Gasteiger partial charge in [0.2, 0.25) is 5.91 Å². The van der Waals surface area contributed by atoms with Crippen LogP contribution in [0.2, 0.25) is 10.0 Å². The van der Waals surface area contributed by atoms with Crippen molar-refractivity contribution >= 4 is 40.9 Å². The lowest BCUT2D eigenvalue weighted by molar-refractivity contribution is -0.119. The van der Waals surface area contributed by atoms with Gasteiger partial charge in [0.05, 0.1) is 21.8 Å². The number of nitrogens with zero attached hydrogens (tertiary/aromatic N) is 2. The first-order valence-electron chi connectivity index (χ1n) is 7.44. The van der Waals surface area contributed by atoms with Gasteiger partial charge in [-0.2, -0.15) is 0 Å². The van der Waals surface area contributed by atoms with E-state index in [-0.39, 0.29) is 23.4 Å². The fourth-order valence-corrected chi connectivity index (χ4v) is 3.20. The molecule has 1 atom stereocenters. The van der Waals surface area contributed by atoms with E-state index in [2.05, 4.69) is 15.5 Å². The number of aromatic amines is 1. The third kappa shape index (κ3) is 4.78. The van der Waals surface area contributed by atoms with Crippen LogP contribution in [0.15, 0.2) is 28.2 Å². The number of carbonyl (C=O) groups is 1. The van der Waals surface area contributed by atoms with Gasteiger partial charge in [0.25, 0.3) is 0 Å². The molecule has 130 valence electrons. The number of H-pyrrole nitrogens is 1. The number of aromatic nitrogens is 3. The van der Waals surface area contributed by atoms with Crippen molar-refractivity contribution in [2.24, 2.45) is 0 Å². The maximum absolute atomic E-state index is 12.1. The summed E-state index contributed by atoms with van der Waals surface area (Å²) in [6, 6.07) is 5.04. The minimum absolute atomic E-state index is 0.155. The molecular weight excluding hydrogens is 371 g/mol. The van der Waals surface area contributed by atoms with E-state index >= 15 is 0 Å². The maximum Gasteiger partial charge on any atom is 0.343 e. The van der Waals surface area contributed by atoms with Crippen LogP contribution < -0.4 is 11.0 Å². The van der Waals surface area contributed by atoms with Crippen LogP contribution in [-0.4, -0.2) is 26.4 Å². The van der Waals surface area contributed by atoms with Crippen LogP contribution in [0.3, 0.4) is 0 Å². The average Bonchev–Trinajstić information content (AvgIpc) is 2.89. The maximum atomic E-state index is 12.1. The summed E-state index contributed by atoms with van der Waals surface area (Å²) in [7, 11) is 0. The molecule has 2 N–H and O–H groups in total. The van der Waals surface area contributed by atoms with Crippen LogP contribution >= 0.6 is 35.0 Å². The van der Waals surface area contributed by atoms with E-state index in [0.29, 0.717) is 21.7 Å². The lowest BCUT2D eigenvalue weighted by Gasteiger charge is -2.15. The number of amides is 1. The van der Waals surface area contributed by atoms with Gasteiger partial charge in [0.1, 0.15) is 0 Å². The molecule has 1 amide bonds. The number of benzene rings is 1. The molecule has 0 spiro atoms. The van der Waals surface area contributed by atoms with Gasteiger partial charge in [-0.3, -0.25) is 9.36 Å². The standard InChI is InChI=1S/C15H18Cl2N4O2S/c1-3-6-21-14(23)19-20-15(21)24-8-13(22)18-9(2)10-4-5-11(16)12(17)7-10/h4-5,7,9H,3,6,8H2,1-2H3,(H,18,22)(H,19,23)/t9-/m0/s1. The Bertz CT molecular complexity index is 775. The van der Waals surface area contributed by atoms with Gasteiger partial charge in [-0.05, 0) is 31.0 Å². The second-order valence-electron chi connectivity index (χ2n) is 5.21. The molecule has 1 heterocycles. The Hall–Kier alpha value is -1.44. The Morgan fingerprint density at radius 1 is 1.42 bits per heavy atom. The van der Waals surface area contributed by atoms with Crippen LogP contribution in [0, 0.1) is 0 Å². The number of halogens is 2. The molecular formula is C15H18Cl2N4O2S. The van der Waals surface area contributed by atoms with Crippen LogP contribution in [0.5, 0.6) is 0 Å². The third-order valence-electron chi connectivity index (χ3n) is 3.32. The number of thioether (sulfide) groups is 1. The van der Waals surface area contributed by atoms with Crippen molar-refractivity contribution in [3.05, 3.63) is 44.3 Å². The van der Waals surface area contributed by atoms with Crippen LogP contribution in [-0.2, 0) is 11.3 Å². The largest absolute Gasteiger partial charge is 0.349 e. The van der Waals surface area contributed by atoms with Crippen molar-refractivity contribution in [1.29, 1.82) is 0 Å². The fraction of sp³-hybridized carbons (Fsp3) is 0.400. The molecule has 0 aliphatic carbocycles. The first kappa shape index (κ1) is 18.9. The molecule has 1 aromatic heterocycles. The summed E-state index contributed by atoms with van der Waals surface area (Å²) in [5, 5.41) is 10.7. The van der Waals surface area contributed by atoms with Crippen LogP contribution in [0.25, 0.3) is 0 Å².